The van der Waals surface area contributed by atoms with E-state index in [1.165, 1.54) is 35.2 Å². The van der Waals surface area contributed by atoms with E-state index in [0.717, 1.165) is 4.31 Å². The first-order valence-corrected chi connectivity index (χ1v) is 15.0. The number of hydrogen-bond donors (Lipinski definition) is 1. The van der Waals surface area contributed by atoms with Gasteiger partial charge in [0.15, 0.2) is 0 Å². The van der Waals surface area contributed by atoms with E-state index in [2.05, 4.69) is 5.32 Å². The monoisotopic (exact) mass is 629 g/mol. The summed E-state index contributed by atoms with van der Waals surface area (Å²) in [5.74, 6) is -1.03. The molecule has 2 amide bonds. The van der Waals surface area contributed by atoms with Crippen LogP contribution in [0.1, 0.15) is 25.8 Å². The molecule has 0 radical (unpaired) electrons. The molecule has 3 aromatic carbocycles. The van der Waals surface area contributed by atoms with E-state index in [0.29, 0.717) is 23.6 Å². The summed E-state index contributed by atoms with van der Waals surface area (Å²) in [4.78, 5) is 28.0. The lowest BCUT2D eigenvalue weighted by Gasteiger charge is -2.32. The predicted octanol–water partition coefficient (Wildman–Crippen LogP) is 6.44. The maximum absolute atomic E-state index is 13.9. The second kappa shape index (κ2) is 13.7. The van der Waals surface area contributed by atoms with E-state index < -0.39 is 28.5 Å². The molecule has 0 aromatic heterocycles. The van der Waals surface area contributed by atoms with Crippen molar-refractivity contribution in [3.05, 3.63) is 92.4 Å². The average Bonchev–Trinajstić information content (AvgIpc) is 2.92. The molecule has 39 heavy (non-hydrogen) atoms. The van der Waals surface area contributed by atoms with E-state index in [1.807, 2.05) is 6.92 Å². The predicted molar refractivity (Wildman–Crippen MR) is 157 cm³/mol. The number of rotatable bonds is 11. The van der Waals surface area contributed by atoms with Gasteiger partial charge in [-0.25, -0.2) is 8.42 Å². The number of carbonyl (C=O) groups is 2. The topological polar surface area (TPSA) is 86.8 Å². The summed E-state index contributed by atoms with van der Waals surface area (Å²) in [6, 6.07) is 16.1. The number of carbonyl (C=O) groups excluding carboxylic acids is 2. The number of benzene rings is 3. The highest BCUT2D eigenvalue weighted by molar-refractivity contribution is 7.92. The zero-order valence-corrected chi connectivity index (χ0v) is 25.0. The van der Waals surface area contributed by atoms with Crippen molar-refractivity contribution < 1.29 is 18.0 Å². The van der Waals surface area contributed by atoms with Gasteiger partial charge < -0.3 is 10.2 Å². The van der Waals surface area contributed by atoms with Gasteiger partial charge in [0, 0.05) is 13.1 Å². The van der Waals surface area contributed by atoms with Gasteiger partial charge in [0.1, 0.15) is 12.6 Å². The van der Waals surface area contributed by atoms with Gasteiger partial charge in [0.05, 0.1) is 30.7 Å². The van der Waals surface area contributed by atoms with Crippen LogP contribution in [-0.2, 0) is 26.2 Å². The third-order valence-corrected chi connectivity index (χ3v) is 9.19. The van der Waals surface area contributed by atoms with Crippen LogP contribution >= 0.6 is 46.4 Å². The van der Waals surface area contributed by atoms with Crippen LogP contribution in [0.3, 0.4) is 0 Å². The molecule has 0 aliphatic carbocycles. The SMILES string of the molecule is CCCNC(=O)C(C)N(Cc1ccc(Cl)c(Cl)c1)C(=O)CN(c1cccc(Cl)c1Cl)S(=O)(=O)c1ccccc1. The third-order valence-electron chi connectivity index (χ3n) is 5.86. The molecule has 3 aromatic rings. The molecular formula is C27H27Cl4N3O4S. The van der Waals surface area contributed by atoms with Crippen LogP contribution < -0.4 is 9.62 Å². The van der Waals surface area contributed by atoms with Crippen LogP contribution in [-0.4, -0.2) is 44.3 Å². The zero-order chi connectivity index (χ0) is 28.7. The van der Waals surface area contributed by atoms with Gasteiger partial charge in [-0.3, -0.25) is 13.9 Å². The summed E-state index contributed by atoms with van der Waals surface area (Å²) >= 11 is 24.9. The van der Waals surface area contributed by atoms with Crippen molar-refractivity contribution in [2.45, 2.75) is 37.8 Å². The summed E-state index contributed by atoms with van der Waals surface area (Å²) in [5.41, 5.74) is 0.630. The lowest BCUT2D eigenvalue weighted by Crippen LogP contribution is -2.51. The Morgan fingerprint density at radius 2 is 1.59 bits per heavy atom. The molecule has 0 fully saturated rings. The van der Waals surface area contributed by atoms with Crippen LogP contribution in [0.4, 0.5) is 5.69 Å². The van der Waals surface area contributed by atoms with Gasteiger partial charge >= 0.3 is 0 Å². The minimum absolute atomic E-state index is 0.0268. The molecule has 0 aliphatic heterocycles. The van der Waals surface area contributed by atoms with Crippen LogP contribution in [0, 0.1) is 0 Å². The maximum Gasteiger partial charge on any atom is 0.264 e. The highest BCUT2D eigenvalue weighted by Gasteiger charge is 2.33. The first-order chi connectivity index (χ1) is 18.5. The first kappa shape index (κ1) is 31.0. The zero-order valence-electron chi connectivity index (χ0n) is 21.2. The van der Waals surface area contributed by atoms with Gasteiger partial charge in [-0.15, -0.1) is 0 Å². The van der Waals surface area contributed by atoms with Crippen LogP contribution in [0.15, 0.2) is 71.6 Å². The molecule has 0 aliphatic rings. The second-order valence-electron chi connectivity index (χ2n) is 8.63. The molecule has 0 spiro atoms. The smallest absolute Gasteiger partial charge is 0.264 e. The summed E-state index contributed by atoms with van der Waals surface area (Å²) in [5, 5.41) is 3.49. The third kappa shape index (κ3) is 7.58. The molecule has 0 saturated heterocycles. The first-order valence-electron chi connectivity index (χ1n) is 12.0. The fourth-order valence-corrected chi connectivity index (χ4v) is 5.95. The number of halogens is 4. The summed E-state index contributed by atoms with van der Waals surface area (Å²) in [6.07, 6.45) is 0.704. The summed E-state index contributed by atoms with van der Waals surface area (Å²) < 4.78 is 28.5. The molecule has 12 heteroatoms. The van der Waals surface area contributed by atoms with Crippen molar-refractivity contribution in [1.29, 1.82) is 0 Å². The van der Waals surface area contributed by atoms with Gasteiger partial charge in [0.25, 0.3) is 10.0 Å². The van der Waals surface area contributed by atoms with Crippen molar-refractivity contribution in [1.82, 2.24) is 10.2 Å². The molecule has 208 valence electrons. The van der Waals surface area contributed by atoms with E-state index in [9.17, 15) is 18.0 Å². The van der Waals surface area contributed by atoms with Crippen LogP contribution in [0.5, 0.6) is 0 Å². The van der Waals surface area contributed by atoms with Crippen molar-refractivity contribution in [3.8, 4) is 0 Å². The lowest BCUT2D eigenvalue weighted by molar-refractivity contribution is -0.139. The van der Waals surface area contributed by atoms with Crippen molar-refractivity contribution in [2.24, 2.45) is 0 Å². The van der Waals surface area contributed by atoms with Gasteiger partial charge in [-0.05, 0) is 55.3 Å². The standard InChI is InChI=1S/C27H27Cl4N3O4S/c1-3-14-32-27(36)18(2)33(16-19-12-13-21(28)23(30)15-19)25(35)17-34(24-11-7-10-22(29)26(24)31)39(37,38)20-8-5-4-6-9-20/h4-13,15,18H,3,14,16-17H2,1-2H3,(H,32,36). The molecule has 1 atom stereocenters. The number of sulfonamides is 1. The fraction of sp³-hybridized carbons (Fsp3) is 0.259. The van der Waals surface area contributed by atoms with Crippen LogP contribution in [0.25, 0.3) is 0 Å². The molecule has 1 N–H and O–H groups in total. The molecule has 7 nitrogen and oxygen atoms in total. The summed E-state index contributed by atoms with van der Waals surface area (Å²) in [7, 11) is -4.26. The van der Waals surface area contributed by atoms with Gasteiger partial charge in [0.2, 0.25) is 11.8 Å². The second-order valence-corrected chi connectivity index (χ2v) is 12.1. The molecule has 0 heterocycles. The quantitative estimate of drug-likeness (QED) is 0.264. The Labute approximate surface area is 248 Å². The van der Waals surface area contributed by atoms with Gasteiger partial charge in [-0.1, -0.05) is 83.7 Å². The Morgan fingerprint density at radius 1 is 0.897 bits per heavy atom. The Balaban J connectivity index is 2.06. The van der Waals surface area contributed by atoms with E-state index >= 15 is 0 Å². The normalized spacial score (nSPS) is 12.1. The van der Waals surface area contributed by atoms with Gasteiger partial charge in [-0.2, -0.15) is 0 Å². The molecule has 1 unspecified atom stereocenters. The number of nitrogens with zero attached hydrogens (tertiary/aromatic N) is 2. The molecule has 0 bridgehead atoms. The Hall–Kier alpha value is -2.49. The van der Waals surface area contributed by atoms with Crippen LogP contribution in [0.2, 0.25) is 20.1 Å². The van der Waals surface area contributed by atoms with E-state index in [4.69, 9.17) is 46.4 Å². The molecule has 0 saturated carbocycles. The minimum Gasteiger partial charge on any atom is -0.354 e. The molecular weight excluding hydrogens is 604 g/mol. The number of anilines is 1. The molecule has 3 rings (SSSR count). The number of nitrogens with one attached hydrogen (secondary N) is 1. The Morgan fingerprint density at radius 3 is 2.23 bits per heavy atom. The van der Waals surface area contributed by atoms with E-state index in [-0.39, 0.29) is 38.1 Å². The van der Waals surface area contributed by atoms with E-state index in [1.54, 1.807) is 43.3 Å². The van der Waals surface area contributed by atoms with Crippen molar-refractivity contribution >= 4 is 73.9 Å². The average molecular weight is 631 g/mol. The lowest BCUT2D eigenvalue weighted by atomic mass is 10.1. The van der Waals surface area contributed by atoms with Crippen molar-refractivity contribution in [2.75, 3.05) is 17.4 Å². The Kier molecular flexibility index (Phi) is 10.9. The number of amides is 2. The maximum atomic E-state index is 13.9. The highest BCUT2D eigenvalue weighted by atomic mass is 35.5. The Bertz CT molecular complexity index is 1440. The van der Waals surface area contributed by atoms with Crippen molar-refractivity contribution in [3.63, 3.8) is 0 Å². The summed E-state index contributed by atoms with van der Waals surface area (Å²) in [6.45, 7) is 3.22. The number of hydrogen-bond acceptors (Lipinski definition) is 4. The highest BCUT2D eigenvalue weighted by Crippen LogP contribution is 2.35. The largest absolute Gasteiger partial charge is 0.354 e. The fourth-order valence-electron chi connectivity index (χ4n) is 3.73. The minimum atomic E-state index is -4.26.